The molecule has 0 atom stereocenters. The summed E-state index contributed by atoms with van der Waals surface area (Å²) in [5.41, 5.74) is 0.820. The minimum atomic E-state index is -0.584. The van der Waals surface area contributed by atoms with Crippen molar-refractivity contribution in [2.75, 3.05) is 10.6 Å². The van der Waals surface area contributed by atoms with Crippen LogP contribution in [0.2, 0.25) is 0 Å². The van der Waals surface area contributed by atoms with Gasteiger partial charge in [-0.1, -0.05) is 17.2 Å². The van der Waals surface area contributed by atoms with Crippen molar-refractivity contribution in [2.24, 2.45) is 0 Å². The number of furan rings is 1. The van der Waals surface area contributed by atoms with Crippen molar-refractivity contribution < 1.29 is 23.3 Å². The molecule has 2 heterocycles. The standard InChI is InChI=1S/C22H15N5O6/c28-19(12-11-16-4-3-13-32-16)23-18-6-2-1-5-17(18)20(29)24-22-26-25-21(33-22)14-7-9-15(10-8-14)27(30)31/h1-13H,(H,23,28)(H,24,26,29)/b12-11+. The molecule has 0 bridgehead atoms. The third-order valence-electron chi connectivity index (χ3n) is 4.34. The Bertz CT molecular complexity index is 1330. The molecule has 11 nitrogen and oxygen atoms in total. The SMILES string of the molecule is O=C(/C=C/c1ccco1)Nc1ccccc1C(=O)Nc1nnc(-c2ccc([N+](=O)[O-])cc2)o1. The first-order valence-electron chi connectivity index (χ1n) is 9.51. The van der Waals surface area contributed by atoms with Gasteiger partial charge >= 0.3 is 6.01 Å². The lowest BCUT2D eigenvalue weighted by atomic mass is 10.1. The highest BCUT2D eigenvalue weighted by Crippen LogP contribution is 2.23. The van der Waals surface area contributed by atoms with E-state index in [4.69, 9.17) is 8.83 Å². The summed E-state index contributed by atoms with van der Waals surface area (Å²) in [6.45, 7) is 0. The molecule has 0 fully saturated rings. The summed E-state index contributed by atoms with van der Waals surface area (Å²) < 4.78 is 10.6. The lowest BCUT2D eigenvalue weighted by Crippen LogP contribution is -2.17. The molecule has 4 rings (SSSR count). The number of para-hydroxylation sites is 1. The van der Waals surface area contributed by atoms with Crippen LogP contribution in [-0.4, -0.2) is 26.9 Å². The molecule has 0 aliphatic carbocycles. The minimum Gasteiger partial charge on any atom is -0.465 e. The summed E-state index contributed by atoms with van der Waals surface area (Å²) in [7, 11) is 0. The van der Waals surface area contributed by atoms with Gasteiger partial charge in [0, 0.05) is 23.8 Å². The van der Waals surface area contributed by atoms with Crippen molar-refractivity contribution in [3.8, 4) is 11.5 Å². The molecule has 33 heavy (non-hydrogen) atoms. The Kier molecular flexibility index (Phi) is 6.03. The third kappa shape index (κ3) is 5.17. The zero-order valence-electron chi connectivity index (χ0n) is 16.8. The molecule has 2 amide bonds. The molecular weight excluding hydrogens is 430 g/mol. The number of amides is 2. The maximum Gasteiger partial charge on any atom is 0.322 e. The van der Waals surface area contributed by atoms with Crippen LogP contribution >= 0.6 is 0 Å². The highest BCUT2D eigenvalue weighted by atomic mass is 16.6. The van der Waals surface area contributed by atoms with Crippen LogP contribution < -0.4 is 10.6 Å². The number of benzene rings is 2. The monoisotopic (exact) mass is 445 g/mol. The van der Waals surface area contributed by atoms with Crippen molar-refractivity contribution in [1.82, 2.24) is 10.2 Å². The molecule has 4 aromatic rings. The molecule has 11 heteroatoms. The summed E-state index contributed by atoms with van der Waals surface area (Å²) in [6.07, 6.45) is 4.26. The van der Waals surface area contributed by atoms with Gasteiger partial charge in [-0.15, -0.1) is 5.10 Å². The molecule has 0 aliphatic rings. The first-order valence-corrected chi connectivity index (χ1v) is 9.51. The van der Waals surface area contributed by atoms with E-state index in [0.717, 1.165) is 0 Å². The van der Waals surface area contributed by atoms with Crippen LogP contribution in [0.15, 0.2) is 81.8 Å². The van der Waals surface area contributed by atoms with Gasteiger partial charge in [0.25, 0.3) is 11.6 Å². The summed E-state index contributed by atoms with van der Waals surface area (Å²) in [5, 5.41) is 23.5. The normalized spacial score (nSPS) is 10.8. The number of hydrogen-bond acceptors (Lipinski definition) is 8. The van der Waals surface area contributed by atoms with Crippen LogP contribution in [0.3, 0.4) is 0 Å². The first-order chi connectivity index (χ1) is 16.0. The van der Waals surface area contributed by atoms with Crippen molar-refractivity contribution in [1.29, 1.82) is 0 Å². The van der Waals surface area contributed by atoms with Crippen LogP contribution in [0.5, 0.6) is 0 Å². The molecule has 0 aliphatic heterocycles. The number of non-ortho nitro benzene ring substituents is 1. The summed E-state index contributed by atoms with van der Waals surface area (Å²) in [4.78, 5) is 35.2. The molecule has 164 valence electrons. The Morgan fingerprint density at radius 1 is 0.970 bits per heavy atom. The predicted octanol–water partition coefficient (Wildman–Crippen LogP) is 4.14. The van der Waals surface area contributed by atoms with E-state index < -0.39 is 16.7 Å². The van der Waals surface area contributed by atoms with Crippen LogP contribution in [0, 0.1) is 10.1 Å². The van der Waals surface area contributed by atoms with Crippen molar-refractivity contribution >= 4 is 35.3 Å². The first kappa shape index (κ1) is 21.2. The number of aromatic nitrogens is 2. The largest absolute Gasteiger partial charge is 0.465 e. The van der Waals surface area contributed by atoms with Crippen LogP contribution in [0.1, 0.15) is 16.1 Å². The number of rotatable bonds is 7. The number of carbonyl (C=O) groups is 2. The molecule has 0 unspecified atom stereocenters. The van der Waals surface area contributed by atoms with Gasteiger partial charge in [-0.25, -0.2) is 0 Å². The Balaban J connectivity index is 1.45. The van der Waals surface area contributed by atoms with Gasteiger partial charge < -0.3 is 14.2 Å². The van der Waals surface area contributed by atoms with E-state index in [2.05, 4.69) is 20.8 Å². The molecule has 2 aromatic heterocycles. The second-order valence-corrected chi connectivity index (χ2v) is 6.55. The number of nitro benzene ring substituents is 1. The number of carbonyl (C=O) groups excluding carboxylic acids is 2. The van der Waals surface area contributed by atoms with Gasteiger partial charge in [-0.3, -0.25) is 25.0 Å². The minimum absolute atomic E-state index is 0.0739. The van der Waals surface area contributed by atoms with E-state index in [-0.39, 0.29) is 28.8 Å². The van der Waals surface area contributed by atoms with Crippen molar-refractivity contribution in [2.45, 2.75) is 0 Å². The summed E-state index contributed by atoms with van der Waals surface area (Å²) >= 11 is 0. The lowest BCUT2D eigenvalue weighted by Gasteiger charge is -2.08. The molecule has 2 N–H and O–H groups in total. The van der Waals surface area contributed by atoms with Gasteiger partial charge in [-0.05, 0) is 42.5 Å². The zero-order chi connectivity index (χ0) is 23.2. The zero-order valence-corrected chi connectivity index (χ0v) is 16.8. The van der Waals surface area contributed by atoms with E-state index in [1.807, 2.05) is 0 Å². The van der Waals surface area contributed by atoms with Gasteiger partial charge in [-0.2, -0.15) is 0 Å². The van der Waals surface area contributed by atoms with Gasteiger partial charge in [0.2, 0.25) is 11.8 Å². The van der Waals surface area contributed by atoms with Crippen LogP contribution in [-0.2, 0) is 4.79 Å². The number of nitrogens with one attached hydrogen (secondary N) is 2. The average Bonchev–Trinajstić information content (AvgIpc) is 3.50. The number of hydrogen-bond donors (Lipinski definition) is 2. The summed E-state index contributed by atoms with van der Waals surface area (Å²) in [5.74, 6) is -0.453. The van der Waals surface area contributed by atoms with E-state index in [1.54, 1.807) is 30.3 Å². The van der Waals surface area contributed by atoms with Crippen molar-refractivity contribution in [3.05, 3.63) is 94.4 Å². The van der Waals surface area contributed by atoms with Gasteiger partial charge in [0.1, 0.15) is 5.76 Å². The molecule has 0 saturated carbocycles. The van der Waals surface area contributed by atoms with E-state index in [0.29, 0.717) is 11.3 Å². The predicted molar refractivity (Wildman–Crippen MR) is 117 cm³/mol. The van der Waals surface area contributed by atoms with Crippen molar-refractivity contribution in [3.63, 3.8) is 0 Å². The fourth-order valence-electron chi connectivity index (χ4n) is 2.79. The van der Waals surface area contributed by atoms with E-state index in [9.17, 15) is 19.7 Å². The Morgan fingerprint density at radius 2 is 1.76 bits per heavy atom. The Morgan fingerprint density at radius 3 is 2.48 bits per heavy atom. The molecule has 0 spiro atoms. The van der Waals surface area contributed by atoms with E-state index >= 15 is 0 Å². The second-order valence-electron chi connectivity index (χ2n) is 6.55. The fourth-order valence-corrected chi connectivity index (χ4v) is 2.79. The number of nitrogens with zero attached hydrogens (tertiary/aromatic N) is 3. The molecule has 0 saturated heterocycles. The smallest absolute Gasteiger partial charge is 0.322 e. The quantitative estimate of drug-likeness (QED) is 0.244. The second kappa shape index (κ2) is 9.39. The Labute approximate surface area is 185 Å². The third-order valence-corrected chi connectivity index (χ3v) is 4.34. The van der Waals surface area contributed by atoms with Gasteiger partial charge in [0.05, 0.1) is 22.4 Å². The van der Waals surface area contributed by atoms with E-state index in [1.165, 1.54) is 48.7 Å². The lowest BCUT2D eigenvalue weighted by molar-refractivity contribution is -0.384. The average molecular weight is 445 g/mol. The van der Waals surface area contributed by atoms with Gasteiger partial charge in [0.15, 0.2) is 0 Å². The molecular formula is C22H15N5O6. The van der Waals surface area contributed by atoms with Crippen LogP contribution in [0.4, 0.5) is 17.4 Å². The topological polar surface area (TPSA) is 153 Å². The number of nitro groups is 1. The molecule has 2 aromatic carbocycles. The maximum atomic E-state index is 12.7. The van der Waals surface area contributed by atoms with Crippen LogP contribution in [0.25, 0.3) is 17.5 Å². The number of anilines is 2. The fraction of sp³-hybridized carbons (Fsp3) is 0. The Hall–Kier alpha value is -5.06. The molecule has 0 radical (unpaired) electrons. The summed E-state index contributed by atoms with van der Waals surface area (Å²) in [6, 6.07) is 15.1. The highest BCUT2D eigenvalue weighted by Gasteiger charge is 2.17. The maximum absolute atomic E-state index is 12.7. The highest BCUT2D eigenvalue weighted by molar-refractivity contribution is 6.11.